The Bertz CT molecular complexity index is 1010. The molecule has 28 heavy (non-hydrogen) atoms. The number of ether oxygens (including phenoxy) is 1. The summed E-state index contributed by atoms with van der Waals surface area (Å²) in [4.78, 5) is 23.4. The van der Waals surface area contributed by atoms with Gasteiger partial charge in [0, 0.05) is 24.4 Å². The van der Waals surface area contributed by atoms with Gasteiger partial charge in [0.15, 0.2) is 28.1 Å². The Labute approximate surface area is 159 Å². The molecule has 0 aromatic carbocycles. The summed E-state index contributed by atoms with van der Waals surface area (Å²) in [5.41, 5.74) is 0.394. The summed E-state index contributed by atoms with van der Waals surface area (Å²) in [5, 5.41) is -0.730. The van der Waals surface area contributed by atoms with E-state index in [1.54, 1.807) is 6.92 Å². The average Bonchev–Trinajstić information content (AvgIpc) is 2.56. The summed E-state index contributed by atoms with van der Waals surface area (Å²) >= 11 is 0. The first-order valence-electron chi connectivity index (χ1n) is 8.12. The van der Waals surface area contributed by atoms with Crippen LogP contribution < -0.4 is 10.3 Å². The summed E-state index contributed by atoms with van der Waals surface area (Å²) in [6.07, 6.45) is -3.23. The number of pyridine rings is 1. The van der Waals surface area contributed by atoms with Crippen LogP contribution >= 0.6 is 0 Å². The molecule has 2 aromatic heterocycles. The zero-order chi connectivity index (χ0) is 21.3. The lowest BCUT2D eigenvalue weighted by molar-refractivity contribution is -0.154. The molecular weight excluding hydrogens is 401 g/mol. The van der Waals surface area contributed by atoms with Crippen LogP contribution in [0.1, 0.15) is 25.2 Å². The standard InChI is InChI=1S/C16H19F3N4O4S/c1-9(2)28(25,26)7-12-20-13(11-5-10(3)14(24)23(4)6-11)22-15(21-12)27-8-16(17,18)19/h5-6,9H,7-8H2,1-4H3. The molecule has 0 fully saturated rings. The van der Waals surface area contributed by atoms with Crippen molar-refractivity contribution in [3.63, 3.8) is 0 Å². The summed E-state index contributed by atoms with van der Waals surface area (Å²) in [6.45, 7) is 2.85. The van der Waals surface area contributed by atoms with Gasteiger partial charge in [-0.05, 0) is 26.8 Å². The molecule has 0 spiro atoms. The molecule has 0 aliphatic rings. The summed E-state index contributed by atoms with van der Waals surface area (Å²) < 4.78 is 67.6. The smallest absolute Gasteiger partial charge is 0.422 e. The van der Waals surface area contributed by atoms with Crippen molar-refractivity contribution in [1.82, 2.24) is 19.5 Å². The molecule has 0 bridgehead atoms. The van der Waals surface area contributed by atoms with Gasteiger partial charge in [0.1, 0.15) is 5.75 Å². The molecule has 154 valence electrons. The first kappa shape index (κ1) is 21.8. The van der Waals surface area contributed by atoms with Crippen molar-refractivity contribution in [2.75, 3.05) is 6.61 Å². The summed E-state index contributed by atoms with van der Waals surface area (Å²) in [7, 11) is -2.13. The van der Waals surface area contributed by atoms with Crippen molar-refractivity contribution < 1.29 is 26.3 Å². The predicted octanol–water partition coefficient (Wildman–Crippen LogP) is 1.81. The lowest BCUT2D eigenvalue weighted by atomic mass is 10.2. The normalized spacial score (nSPS) is 12.4. The van der Waals surface area contributed by atoms with Crippen molar-refractivity contribution >= 4 is 9.84 Å². The lowest BCUT2D eigenvalue weighted by Crippen LogP contribution is -2.22. The highest BCUT2D eigenvalue weighted by atomic mass is 32.2. The molecule has 0 atom stereocenters. The molecule has 0 amide bonds. The van der Waals surface area contributed by atoms with Crippen LogP contribution in [0.25, 0.3) is 11.4 Å². The Morgan fingerprint density at radius 2 is 1.86 bits per heavy atom. The van der Waals surface area contributed by atoms with Crippen molar-refractivity contribution in [1.29, 1.82) is 0 Å². The van der Waals surface area contributed by atoms with E-state index < -0.39 is 39.6 Å². The maximum absolute atomic E-state index is 12.5. The second-order valence-electron chi connectivity index (χ2n) is 6.45. The number of rotatable bonds is 6. The number of hydrogen-bond donors (Lipinski definition) is 0. The molecule has 12 heteroatoms. The third-order valence-corrected chi connectivity index (χ3v) is 5.79. The van der Waals surface area contributed by atoms with Gasteiger partial charge in [-0.15, -0.1) is 0 Å². The molecule has 8 nitrogen and oxygen atoms in total. The average molecular weight is 420 g/mol. The highest BCUT2D eigenvalue weighted by Gasteiger charge is 2.29. The third-order valence-electron chi connectivity index (χ3n) is 3.70. The van der Waals surface area contributed by atoms with E-state index in [1.807, 2.05) is 0 Å². The quantitative estimate of drug-likeness (QED) is 0.702. The molecule has 0 saturated heterocycles. The third kappa shape index (κ3) is 5.50. The minimum absolute atomic E-state index is 0.0974. The van der Waals surface area contributed by atoms with E-state index in [9.17, 15) is 26.4 Å². The fraction of sp³-hybridized carbons (Fsp3) is 0.500. The van der Waals surface area contributed by atoms with Crippen molar-refractivity contribution in [2.24, 2.45) is 7.05 Å². The van der Waals surface area contributed by atoms with Crippen molar-refractivity contribution in [3.8, 4) is 17.4 Å². The van der Waals surface area contributed by atoms with Gasteiger partial charge in [0.25, 0.3) is 5.56 Å². The van der Waals surface area contributed by atoms with Crippen LogP contribution in [0.5, 0.6) is 6.01 Å². The fourth-order valence-corrected chi connectivity index (χ4v) is 2.97. The monoisotopic (exact) mass is 420 g/mol. The van der Waals surface area contributed by atoms with Gasteiger partial charge in [-0.3, -0.25) is 4.79 Å². The first-order valence-corrected chi connectivity index (χ1v) is 9.84. The number of alkyl halides is 3. The van der Waals surface area contributed by atoms with Gasteiger partial charge in [0.05, 0.1) is 5.25 Å². The molecule has 0 aliphatic heterocycles. The fourth-order valence-electron chi connectivity index (χ4n) is 2.15. The van der Waals surface area contributed by atoms with Gasteiger partial charge in [-0.1, -0.05) is 0 Å². The molecule has 2 heterocycles. The SMILES string of the molecule is Cc1cc(-c2nc(CS(=O)(=O)C(C)C)nc(OCC(F)(F)F)n2)cn(C)c1=O. The van der Waals surface area contributed by atoms with E-state index in [1.165, 1.54) is 37.7 Å². The highest BCUT2D eigenvalue weighted by Crippen LogP contribution is 2.21. The second kappa shape index (κ2) is 7.86. The van der Waals surface area contributed by atoms with Gasteiger partial charge in [-0.25, -0.2) is 13.4 Å². The van der Waals surface area contributed by atoms with E-state index in [0.29, 0.717) is 11.1 Å². The Morgan fingerprint density at radius 3 is 2.39 bits per heavy atom. The van der Waals surface area contributed by atoms with E-state index in [-0.39, 0.29) is 17.2 Å². The predicted molar refractivity (Wildman–Crippen MR) is 94.6 cm³/mol. The van der Waals surface area contributed by atoms with Crippen molar-refractivity contribution in [3.05, 3.63) is 34.0 Å². The van der Waals surface area contributed by atoms with Crippen LogP contribution in [0.3, 0.4) is 0 Å². The number of aryl methyl sites for hydroxylation is 2. The van der Waals surface area contributed by atoms with Crippen molar-refractivity contribution in [2.45, 2.75) is 38.0 Å². The number of hydrogen-bond acceptors (Lipinski definition) is 7. The molecular formula is C16H19F3N4O4S. The molecule has 2 aromatic rings. The van der Waals surface area contributed by atoms with Gasteiger partial charge < -0.3 is 9.30 Å². The van der Waals surface area contributed by atoms with Crippen LogP contribution in [0, 0.1) is 6.92 Å². The zero-order valence-corrected chi connectivity index (χ0v) is 16.4. The minimum atomic E-state index is -4.62. The number of sulfone groups is 1. The van der Waals surface area contributed by atoms with Crippen LogP contribution in [0.15, 0.2) is 17.1 Å². The molecule has 0 aliphatic carbocycles. The Morgan fingerprint density at radius 1 is 1.21 bits per heavy atom. The van der Waals surface area contributed by atoms with Crippen LogP contribution in [-0.4, -0.2) is 46.0 Å². The minimum Gasteiger partial charge on any atom is -0.454 e. The molecule has 0 unspecified atom stereocenters. The van der Waals surface area contributed by atoms with Gasteiger partial charge in [0.2, 0.25) is 0 Å². The lowest BCUT2D eigenvalue weighted by Gasteiger charge is -2.12. The Kier molecular flexibility index (Phi) is 6.12. The molecule has 2 rings (SSSR count). The Hall–Kier alpha value is -2.50. The molecule has 0 radical (unpaired) electrons. The van der Waals surface area contributed by atoms with E-state index in [2.05, 4.69) is 19.7 Å². The van der Waals surface area contributed by atoms with Gasteiger partial charge in [-0.2, -0.15) is 23.1 Å². The van der Waals surface area contributed by atoms with E-state index in [0.717, 1.165) is 0 Å². The first-order chi connectivity index (χ1) is 12.8. The molecule has 0 N–H and O–H groups in total. The van der Waals surface area contributed by atoms with Crippen LogP contribution in [-0.2, 0) is 22.6 Å². The number of nitrogens with zero attached hydrogens (tertiary/aromatic N) is 4. The van der Waals surface area contributed by atoms with Crippen LogP contribution in [0.4, 0.5) is 13.2 Å². The topological polar surface area (TPSA) is 104 Å². The van der Waals surface area contributed by atoms with E-state index >= 15 is 0 Å². The largest absolute Gasteiger partial charge is 0.454 e. The Balaban J connectivity index is 2.55. The summed E-state index contributed by atoms with van der Waals surface area (Å²) in [6, 6.07) is 0.800. The van der Waals surface area contributed by atoms with Crippen LogP contribution in [0.2, 0.25) is 0 Å². The second-order valence-corrected chi connectivity index (χ2v) is 9.00. The number of aromatic nitrogens is 4. The highest BCUT2D eigenvalue weighted by molar-refractivity contribution is 7.91. The molecule has 0 saturated carbocycles. The van der Waals surface area contributed by atoms with E-state index in [4.69, 9.17) is 0 Å². The van der Waals surface area contributed by atoms with Gasteiger partial charge >= 0.3 is 12.2 Å². The maximum atomic E-state index is 12.5. The summed E-state index contributed by atoms with van der Waals surface area (Å²) in [5.74, 6) is -0.935. The maximum Gasteiger partial charge on any atom is 0.422 e. The number of halogens is 3. The zero-order valence-electron chi connectivity index (χ0n) is 15.6.